The fourth-order valence-corrected chi connectivity index (χ4v) is 4.81. The third-order valence-electron chi connectivity index (χ3n) is 6.22. The van der Waals surface area contributed by atoms with Crippen LogP contribution in [0.4, 0.5) is 10.5 Å². The van der Waals surface area contributed by atoms with Crippen LogP contribution in [0.1, 0.15) is 25.7 Å². The van der Waals surface area contributed by atoms with Crippen molar-refractivity contribution in [1.82, 2.24) is 10.2 Å². The lowest BCUT2D eigenvalue weighted by Crippen LogP contribution is -2.46. The number of aliphatic carboxylic acids is 1. The second-order valence-corrected chi connectivity index (χ2v) is 7.65. The van der Waals surface area contributed by atoms with E-state index in [0.29, 0.717) is 19.5 Å². The van der Waals surface area contributed by atoms with Crippen LogP contribution in [-0.2, 0) is 4.79 Å². The third kappa shape index (κ3) is 2.83. The van der Waals surface area contributed by atoms with E-state index in [9.17, 15) is 14.7 Å². The largest absolute Gasteiger partial charge is 0.481 e. The van der Waals surface area contributed by atoms with Gasteiger partial charge in [-0.2, -0.15) is 0 Å². The molecule has 3 fully saturated rings. The number of hydrogen-bond donors (Lipinski definition) is 2. The second kappa shape index (κ2) is 6.24. The molecule has 2 saturated heterocycles. The Morgan fingerprint density at radius 2 is 1.96 bits per heavy atom. The zero-order valence-corrected chi connectivity index (χ0v) is 14.4. The summed E-state index contributed by atoms with van der Waals surface area (Å²) in [7, 11) is 0. The average molecular weight is 343 g/mol. The molecule has 0 radical (unpaired) electrons. The number of carboxylic acids is 1. The summed E-state index contributed by atoms with van der Waals surface area (Å²) in [5, 5.41) is 12.8. The number of nitrogens with one attached hydrogen (secondary N) is 1. The highest BCUT2D eigenvalue weighted by Gasteiger charge is 2.55. The predicted molar refractivity (Wildman–Crippen MR) is 94.6 cm³/mol. The molecule has 4 rings (SSSR count). The predicted octanol–water partition coefficient (Wildman–Crippen LogP) is 2.16. The molecule has 1 aromatic rings. The summed E-state index contributed by atoms with van der Waals surface area (Å²) in [6.07, 6.45) is 3.49. The molecule has 6 heteroatoms. The highest BCUT2D eigenvalue weighted by Crippen LogP contribution is 2.48. The summed E-state index contributed by atoms with van der Waals surface area (Å²) in [5.74, 6) is -0.624. The Morgan fingerprint density at radius 1 is 1.16 bits per heavy atom. The van der Waals surface area contributed by atoms with E-state index in [1.54, 1.807) is 4.90 Å². The molecule has 2 aliphatic heterocycles. The van der Waals surface area contributed by atoms with Crippen LogP contribution in [0.5, 0.6) is 0 Å². The smallest absolute Gasteiger partial charge is 0.317 e. The summed E-state index contributed by atoms with van der Waals surface area (Å²) < 4.78 is 0. The molecule has 1 unspecified atom stereocenters. The van der Waals surface area contributed by atoms with Gasteiger partial charge < -0.3 is 20.2 Å². The lowest BCUT2D eigenvalue weighted by Gasteiger charge is -2.24. The van der Waals surface area contributed by atoms with Gasteiger partial charge in [-0.1, -0.05) is 24.6 Å². The highest BCUT2D eigenvalue weighted by molar-refractivity contribution is 5.80. The van der Waals surface area contributed by atoms with E-state index in [2.05, 4.69) is 22.3 Å². The second-order valence-electron chi connectivity index (χ2n) is 7.65. The van der Waals surface area contributed by atoms with Crippen molar-refractivity contribution in [2.24, 2.45) is 11.3 Å². The Hall–Kier alpha value is -2.24. The zero-order valence-electron chi connectivity index (χ0n) is 14.4. The zero-order chi connectivity index (χ0) is 17.4. The van der Waals surface area contributed by atoms with Crippen molar-refractivity contribution in [3.05, 3.63) is 30.3 Å². The Morgan fingerprint density at radius 3 is 2.68 bits per heavy atom. The summed E-state index contributed by atoms with van der Waals surface area (Å²) in [6.45, 7) is 2.66. The molecule has 1 aliphatic carbocycles. The van der Waals surface area contributed by atoms with Crippen LogP contribution in [0.15, 0.2) is 30.3 Å². The normalized spacial score (nSPS) is 31.2. The van der Waals surface area contributed by atoms with Gasteiger partial charge >= 0.3 is 12.0 Å². The van der Waals surface area contributed by atoms with Gasteiger partial charge in [0.15, 0.2) is 0 Å². The molecule has 0 spiro atoms. The number of benzene rings is 1. The maximum atomic E-state index is 12.6. The van der Waals surface area contributed by atoms with Gasteiger partial charge in [0.1, 0.15) is 0 Å². The van der Waals surface area contributed by atoms with E-state index in [1.807, 2.05) is 18.2 Å². The molecule has 2 N–H and O–H groups in total. The minimum Gasteiger partial charge on any atom is -0.481 e. The van der Waals surface area contributed by atoms with Gasteiger partial charge in [-0.25, -0.2) is 4.79 Å². The van der Waals surface area contributed by atoms with Gasteiger partial charge in [0, 0.05) is 37.9 Å². The van der Waals surface area contributed by atoms with Crippen molar-refractivity contribution in [2.45, 2.75) is 31.7 Å². The Bertz CT molecular complexity index is 665. The lowest BCUT2D eigenvalue weighted by molar-refractivity contribution is -0.149. The quantitative estimate of drug-likeness (QED) is 0.882. The Kier molecular flexibility index (Phi) is 4.06. The van der Waals surface area contributed by atoms with Crippen LogP contribution < -0.4 is 10.2 Å². The number of hydrogen-bond acceptors (Lipinski definition) is 3. The van der Waals surface area contributed by atoms with E-state index in [1.165, 1.54) is 5.69 Å². The first-order chi connectivity index (χ1) is 12.1. The number of likely N-dealkylation sites (tertiary alicyclic amines) is 1. The van der Waals surface area contributed by atoms with E-state index in [4.69, 9.17) is 0 Å². The molecule has 1 aromatic carbocycles. The molecule has 25 heavy (non-hydrogen) atoms. The van der Waals surface area contributed by atoms with E-state index in [-0.39, 0.29) is 18.0 Å². The van der Waals surface area contributed by atoms with Crippen molar-refractivity contribution in [2.75, 3.05) is 31.1 Å². The topological polar surface area (TPSA) is 72.9 Å². The van der Waals surface area contributed by atoms with Crippen molar-refractivity contribution in [3.8, 4) is 0 Å². The summed E-state index contributed by atoms with van der Waals surface area (Å²) in [5.41, 5.74) is 0.475. The number of anilines is 1. The fourth-order valence-electron chi connectivity index (χ4n) is 4.81. The molecular weight excluding hydrogens is 318 g/mol. The number of urea groups is 1. The Balaban J connectivity index is 1.35. The number of fused-ring (bicyclic) bond motifs is 1. The van der Waals surface area contributed by atoms with Crippen molar-refractivity contribution >= 4 is 17.7 Å². The minimum atomic E-state index is -0.735. The van der Waals surface area contributed by atoms with Crippen LogP contribution in [0.25, 0.3) is 0 Å². The Labute approximate surface area is 147 Å². The van der Waals surface area contributed by atoms with E-state index >= 15 is 0 Å². The van der Waals surface area contributed by atoms with Crippen LogP contribution >= 0.6 is 0 Å². The number of amides is 2. The summed E-state index contributed by atoms with van der Waals surface area (Å²) in [6, 6.07) is 10.2. The number of carboxylic acid groups (broad SMARTS) is 1. The van der Waals surface area contributed by atoms with Crippen LogP contribution in [0, 0.1) is 11.3 Å². The molecule has 6 nitrogen and oxygen atoms in total. The molecule has 2 amide bonds. The van der Waals surface area contributed by atoms with Crippen LogP contribution in [0.2, 0.25) is 0 Å². The molecule has 134 valence electrons. The van der Waals surface area contributed by atoms with E-state index < -0.39 is 11.4 Å². The highest BCUT2D eigenvalue weighted by atomic mass is 16.4. The SMILES string of the molecule is O=C(NC1CCN(c2ccccc2)C1)N1C[C@@H]2CCC[C@@]2(C(=O)O)C1. The van der Waals surface area contributed by atoms with Crippen LogP contribution in [0.3, 0.4) is 0 Å². The number of carbonyl (C=O) groups excluding carboxylic acids is 1. The number of nitrogens with zero attached hydrogens (tertiary/aromatic N) is 2. The fraction of sp³-hybridized carbons (Fsp3) is 0.579. The number of carbonyl (C=O) groups is 2. The molecule has 0 aromatic heterocycles. The molecule has 1 saturated carbocycles. The number of rotatable bonds is 3. The molecule has 3 aliphatic rings. The van der Waals surface area contributed by atoms with Crippen molar-refractivity contribution in [1.29, 1.82) is 0 Å². The van der Waals surface area contributed by atoms with Crippen molar-refractivity contribution < 1.29 is 14.7 Å². The van der Waals surface area contributed by atoms with Crippen LogP contribution in [-0.4, -0.2) is 54.2 Å². The van der Waals surface area contributed by atoms with Gasteiger partial charge in [0.25, 0.3) is 0 Å². The first-order valence-corrected chi connectivity index (χ1v) is 9.17. The first kappa shape index (κ1) is 16.2. The summed E-state index contributed by atoms with van der Waals surface area (Å²) >= 11 is 0. The maximum Gasteiger partial charge on any atom is 0.317 e. The first-order valence-electron chi connectivity index (χ1n) is 9.17. The van der Waals surface area contributed by atoms with Gasteiger partial charge in [-0.05, 0) is 37.3 Å². The van der Waals surface area contributed by atoms with Gasteiger partial charge in [-0.15, -0.1) is 0 Å². The monoisotopic (exact) mass is 343 g/mol. The molecule has 3 atom stereocenters. The lowest BCUT2D eigenvalue weighted by atomic mass is 9.81. The summed E-state index contributed by atoms with van der Waals surface area (Å²) in [4.78, 5) is 28.4. The van der Waals surface area contributed by atoms with Crippen molar-refractivity contribution in [3.63, 3.8) is 0 Å². The van der Waals surface area contributed by atoms with E-state index in [0.717, 1.165) is 32.4 Å². The molecular formula is C19H25N3O3. The minimum absolute atomic E-state index is 0.102. The molecule has 0 bridgehead atoms. The maximum absolute atomic E-state index is 12.6. The number of para-hydroxylation sites is 1. The van der Waals surface area contributed by atoms with Gasteiger partial charge in [0.05, 0.1) is 5.41 Å². The van der Waals surface area contributed by atoms with Gasteiger partial charge in [-0.3, -0.25) is 4.79 Å². The average Bonchev–Trinajstić information content (AvgIpc) is 3.29. The third-order valence-corrected chi connectivity index (χ3v) is 6.22. The molecule has 2 heterocycles. The van der Waals surface area contributed by atoms with Gasteiger partial charge in [0.2, 0.25) is 0 Å². The standard InChI is InChI=1S/C19H25N3O3/c23-17(24)19-9-4-5-14(19)11-22(13-19)18(25)20-15-8-10-21(12-15)16-6-2-1-3-7-16/h1-3,6-7,14-15H,4-5,8-13H2,(H,20,25)(H,23,24)/t14-,15?,19+/m0/s1.